The summed E-state index contributed by atoms with van der Waals surface area (Å²) in [5.74, 6) is 2.35. The normalized spacial score (nSPS) is 27.6. The van der Waals surface area contributed by atoms with Gasteiger partial charge in [0.05, 0.1) is 5.39 Å². The van der Waals surface area contributed by atoms with Gasteiger partial charge in [-0.2, -0.15) is 4.68 Å². The number of nitrogens with zero attached hydrogens (tertiary/aromatic N) is 2. The van der Waals surface area contributed by atoms with Gasteiger partial charge in [0.2, 0.25) is 5.91 Å². The van der Waals surface area contributed by atoms with Crippen molar-refractivity contribution in [1.82, 2.24) is 9.66 Å². The number of fused-ring (bicyclic) bond motifs is 1. The van der Waals surface area contributed by atoms with E-state index in [1.807, 2.05) is 36.4 Å². The molecule has 4 aliphatic rings. The maximum absolute atomic E-state index is 13.6. The lowest BCUT2D eigenvalue weighted by molar-refractivity contribution is -0.125. The number of hydrogen-bond acceptors (Lipinski definition) is 5. The summed E-state index contributed by atoms with van der Waals surface area (Å²) in [6.07, 6.45) is 8.13. The van der Waals surface area contributed by atoms with Crippen LogP contribution in [0.3, 0.4) is 0 Å². The molecule has 2 heterocycles. The van der Waals surface area contributed by atoms with Gasteiger partial charge in [0.1, 0.15) is 4.83 Å². The summed E-state index contributed by atoms with van der Waals surface area (Å²) in [6, 6.07) is 12.0. The van der Waals surface area contributed by atoms with Gasteiger partial charge in [0, 0.05) is 16.5 Å². The third-order valence-electron chi connectivity index (χ3n) is 7.87. The summed E-state index contributed by atoms with van der Waals surface area (Å²) in [7, 11) is 0. The van der Waals surface area contributed by atoms with E-state index < -0.39 is 0 Å². The van der Waals surface area contributed by atoms with Gasteiger partial charge in [-0.3, -0.25) is 15.0 Å². The Labute approximate surface area is 208 Å². The molecular weight excluding hydrogens is 462 g/mol. The molecule has 3 aromatic rings. The number of carbonyl (C=O) groups is 1. The average molecular weight is 494 g/mol. The van der Waals surface area contributed by atoms with Gasteiger partial charge in [-0.1, -0.05) is 55.9 Å². The van der Waals surface area contributed by atoms with E-state index in [1.54, 1.807) is 0 Å². The fourth-order valence-corrected chi connectivity index (χ4v) is 8.99. The quantitative estimate of drug-likeness (QED) is 0.323. The van der Waals surface area contributed by atoms with Crippen molar-refractivity contribution in [3.63, 3.8) is 0 Å². The van der Waals surface area contributed by atoms with E-state index in [2.05, 4.69) is 19.3 Å². The Morgan fingerprint density at radius 3 is 2.41 bits per heavy atom. The number of amides is 1. The van der Waals surface area contributed by atoms with E-state index >= 15 is 0 Å². The molecular formula is C27H31N3O2S2. The third-order valence-corrected chi connectivity index (χ3v) is 9.91. The monoisotopic (exact) mass is 493 g/mol. The molecule has 0 saturated heterocycles. The summed E-state index contributed by atoms with van der Waals surface area (Å²) >= 11 is 3.04. The van der Waals surface area contributed by atoms with Crippen molar-refractivity contribution in [2.75, 3.05) is 5.43 Å². The van der Waals surface area contributed by atoms with Crippen molar-refractivity contribution < 1.29 is 4.79 Å². The molecule has 0 radical (unpaired) electrons. The topological polar surface area (TPSA) is 64.0 Å². The van der Waals surface area contributed by atoms with E-state index in [-0.39, 0.29) is 22.1 Å². The van der Waals surface area contributed by atoms with Crippen molar-refractivity contribution in [1.29, 1.82) is 0 Å². The lowest BCUT2D eigenvalue weighted by Crippen LogP contribution is -2.48. The lowest BCUT2D eigenvalue weighted by atomic mass is 9.49. The first-order valence-corrected chi connectivity index (χ1v) is 14.2. The fraction of sp³-hybridized carbons (Fsp3) is 0.519. The van der Waals surface area contributed by atoms with Crippen LogP contribution in [0.4, 0.5) is 0 Å². The standard InChI is InChI=1S/C27H31N3O2S2/c1-16(2)33-26-28-24-21(11-22(34-24)20-6-4-3-5-7-20)25(32)30(26)29-23(31)15-27-12-17-8-18(13-27)10-19(9-17)14-27/h3-7,11,16-19H,8-10,12-15H2,1-2H3,(H,29,31). The average Bonchev–Trinajstić information content (AvgIpc) is 3.20. The molecule has 0 unspecified atom stereocenters. The first-order valence-electron chi connectivity index (χ1n) is 12.5. The molecule has 7 heteroatoms. The highest BCUT2D eigenvalue weighted by Crippen LogP contribution is 2.61. The largest absolute Gasteiger partial charge is 0.281 e. The van der Waals surface area contributed by atoms with Crippen molar-refractivity contribution in [3.8, 4) is 10.4 Å². The SMILES string of the molecule is CC(C)Sc1nc2sc(-c3ccccc3)cc2c(=O)n1NC(=O)CC12CC3CC(CC(C3)C1)C2. The summed E-state index contributed by atoms with van der Waals surface area (Å²) in [6.45, 7) is 4.15. The molecule has 1 amide bonds. The maximum Gasteiger partial charge on any atom is 0.281 e. The van der Waals surface area contributed by atoms with Crippen LogP contribution >= 0.6 is 23.1 Å². The Bertz CT molecular complexity index is 1260. The van der Waals surface area contributed by atoms with Gasteiger partial charge in [-0.25, -0.2) is 4.98 Å². The molecule has 178 valence electrons. The van der Waals surface area contributed by atoms with Gasteiger partial charge < -0.3 is 0 Å². The molecule has 4 bridgehead atoms. The molecule has 2 aromatic heterocycles. The highest BCUT2D eigenvalue weighted by molar-refractivity contribution is 7.99. The van der Waals surface area contributed by atoms with Gasteiger partial charge in [-0.15, -0.1) is 11.3 Å². The molecule has 4 aliphatic carbocycles. The van der Waals surface area contributed by atoms with Gasteiger partial charge >= 0.3 is 0 Å². The van der Waals surface area contributed by atoms with E-state index in [0.29, 0.717) is 17.0 Å². The zero-order valence-corrected chi connectivity index (χ0v) is 21.4. The maximum atomic E-state index is 13.6. The molecule has 1 aromatic carbocycles. The minimum Gasteiger partial charge on any atom is -0.273 e. The number of thioether (sulfide) groups is 1. The number of aromatic nitrogens is 2. The molecule has 7 rings (SSSR count). The Balaban J connectivity index is 1.32. The number of nitrogens with one attached hydrogen (secondary N) is 1. The third kappa shape index (κ3) is 4.11. The number of carbonyl (C=O) groups excluding carboxylic acids is 1. The zero-order chi connectivity index (χ0) is 23.4. The van der Waals surface area contributed by atoms with Gasteiger partial charge in [0.25, 0.3) is 5.56 Å². The van der Waals surface area contributed by atoms with Crippen LogP contribution in [0.15, 0.2) is 46.3 Å². The van der Waals surface area contributed by atoms with E-state index in [0.717, 1.165) is 33.0 Å². The molecule has 0 spiro atoms. The predicted molar refractivity (Wildman–Crippen MR) is 140 cm³/mol. The Morgan fingerprint density at radius 1 is 1.15 bits per heavy atom. The van der Waals surface area contributed by atoms with Gasteiger partial charge in [0.15, 0.2) is 5.16 Å². The minimum atomic E-state index is -0.189. The Hall–Kier alpha value is -2.12. The van der Waals surface area contributed by atoms with Crippen molar-refractivity contribution in [3.05, 3.63) is 46.8 Å². The fourth-order valence-electron chi connectivity index (χ4n) is 7.11. The molecule has 4 saturated carbocycles. The molecule has 34 heavy (non-hydrogen) atoms. The highest BCUT2D eigenvalue weighted by Gasteiger charge is 2.51. The van der Waals surface area contributed by atoms with E-state index in [4.69, 9.17) is 4.98 Å². The summed E-state index contributed by atoms with van der Waals surface area (Å²) in [5, 5.41) is 1.36. The van der Waals surface area contributed by atoms with Crippen molar-refractivity contribution in [2.45, 2.75) is 69.2 Å². The number of benzene rings is 1. The van der Waals surface area contributed by atoms with Crippen LogP contribution in [-0.4, -0.2) is 20.8 Å². The number of thiophene rings is 1. The van der Waals surface area contributed by atoms with E-state index in [1.165, 1.54) is 66.3 Å². The first kappa shape index (κ1) is 22.4. The van der Waals surface area contributed by atoms with Crippen LogP contribution in [0.1, 0.15) is 58.8 Å². The molecule has 1 N–H and O–H groups in total. The van der Waals surface area contributed by atoms with Crippen molar-refractivity contribution >= 4 is 39.2 Å². The number of rotatable bonds is 6. The predicted octanol–water partition coefficient (Wildman–Crippen LogP) is 6.30. The van der Waals surface area contributed by atoms with Crippen LogP contribution in [-0.2, 0) is 4.79 Å². The second kappa shape index (κ2) is 8.52. The Kier molecular flexibility index (Phi) is 5.60. The first-order chi connectivity index (χ1) is 16.4. The van der Waals surface area contributed by atoms with Gasteiger partial charge in [-0.05, 0) is 73.3 Å². The summed E-state index contributed by atoms with van der Waals surface area (Å²) in [5.41, 5.74) is 4.00. The summed E-state index contributed by atoms with van der Waals surface area (Å²) < 4.78 is 1.41. The molecule has 0 atom stereocenters. The minimum absolute atomic E-state index is 0.0469. The van der Waals surface area contributed by atoms with Crippen LogP contribution in [0.5, 0.6) is 0 Å². The van der Waals surface area contributed by atoms with E-state index in [9.17, 15) is 9.59 Å². The molecule has 0 aliphatic heterocycles. The highest BCUT2D eigenvalue weighted by atomic mass is 32.2. The van der Waals surface area contributed by atoms with Crippen LogP contribution in [0.25, 0.3) is 20.7 Å². The smallest absolute Gasteiger partial charge is 0.273 e. The zero-order valence-electron chi connectivity index (χ0n) is 19.8. The van der Waals surface area contributed by atoms with Crippen molar-refractivity contribution in [2.24, 2.45) is 23.2 Å². The second-order valence-corrected chi connectivity index (χ2v) is 13.6. The molecule has 4 fully saturated rings. The molecule has 5 nitrogen and oxygen atoms in total. The second-order valence-electron chi connectivity index (χ2n) is 11.0. The van der Waals surface area contributed by atoms with Crippen LogP contribution in [0, 0.1) is 23.2 Å². The summed E-state index contributed by atoms with van der Waals surface area (Å²) in [4.78, 5) is 33.5. The lowest BCUT2D eigenvalue weighted by Gasteiger charge is -2.56. The van der Waals surface area contributed by atoms with Crippen LogP contribution < -0.4 is 11.0 Å². The number of hydrogen-bond donors (Lipinski definition) is 1. The Morgan fingerprint density at radius 2 is 1.79 bits per heavy atom. The van der Waals surface area contributed by atoms with Crippen LogP contribution in [0.2, 0.25) is 0 Å².